The lowest BCUT2D eigenvalue weighted by molar-refractivity contribution is -0.116. The maximum Gasteiger partial charge on any atom is 0.240 e. The third kappa shape index (κ3) is 4.43. The van der Waals surface area contributed by atoms with Crippen LogP contribution < -0.4 is 10.7 Å². The van der Waals surface area contributed by atoms with E-state index in [-0.39, 0.29) is 11.9 Å². The monoisotopic (exact) mass is 455 g/mol. The van der Waals surface area contributed by atoms with E-state index in [1.54, 1.807) is 0 Å². The number of nitrogens with one attached hydrogen (secondary N) is 2. The molecule has 1 aliphatic rings. The molecule has 4 rings (SSSR count). The second-order valence-electron chi connectivity index (χ2n) is 7.63. The van der Waals surface area contributed by atoms with Crippen molar-refractivity contribution in [3.8, 4) is 0 Å². The van der Waals surface area contributed by atoms with Crippen LogP contribution in [0.15, 0.2) is 47.6 Å². The number of halogens is 1. The maximum atomic E-state index is 13.4. The molecule has 6 nitrogen and oxygen atoms in total. The number of hydrogen-bond donors (Lipinski definition) is 2. The number of hydrogen-bond acceptors (Lipinski definition) is 5. The number of carbonyl (C=O) groups is 1. The number of fused-ring (bicyclic) bond motifs is 1. The summed E-state index contributed by atoms with van der Waals surface area (Å²) in [6.45, 7) is 6.15. The molecule has 2 heterocycles. The molecule has 0 fully saturated rings. The van der Waals surface area contributed by atoms with Gasteiger partial charge in [0.1, 0.15) is 5.25 Å². The van der Waals surface area contributed by atoms with Gasteiger partial charge in [-0.1, -0.05) is 67.5 Å². The van der Waals surface area contributed by atoms with E-state index in [2.05, 4.69) is 59.1 Å². The molecule has 2 atom stereocenters. The first-order chi connectivity index (χ1) is 15.0. The Kier molecular flexibility index (Phi) is 6.53. The minimum absolute atomic E-state index is 0.0984. The SMILES string of the molecule is CCCc1nnc2n1N[C@@H](c1ccc(CC)cc1)[C@@H](C(=O)Nc1cccc(Cl)c1C)S2. The molecule has 0 spiro atoms. The zero-order valence-corrected chi connectivity index (χ0v) is 19.4. The standard InChI is InChI=1S/C23H26ClN5OS/c1-4-7-19-26-27-23-29(19)28-20(16-12-10-15(5-2)11-13-16)21(31-23)22(30)25-18-9-6-8-17(24)14(18)3/h6,8-13,20-21,28H,4-5,7H2,1-3H3,(H,25,30)/t20-,21-/m0/s1. The number of benzene rings is 2. The van der Waals surface area contributed by atoms with Crippen LogP contribution in [0.5, 0.6) is 0 Å². The van der Waals surface area contributed by atoms with Gasteiger partial charge in [0.2, 0.25) is 11.1 Å². The van der Waals surface area contributed by atoms with Gasteiger partial charge in [0, 0.05) is 17.1 Å². The highest BCUT2D eigenvalue weighted by Crippen LogP contribution is 2.38. The number of carbonyl (C=O) groups excluding carboxylic acids is 1. The first-order valence-corrected chi connectivity index (χ1v) is 11.8. The van der Waals surface area contributed by atoms with E-state index >= 15 is 0 Å². The van der Waals surface area contributed by atoms with Crippen LogP contribution >= 0.6 is 23.4 Å². The second-order valence-corrected chi connectivity index (χ2v) is 9.14. The lowest BCUT2D eigenvalue weighted by Gasteiger charge is -2.33. The first-order valence-electron chi connectivity index (χ1n) is 10.5. The average Bonchev–Trinajstić information content (AvgIpc) is 3.18. The number of amides is 1. The van der Waals surface area contributed by atoms with Crippen molar-refractivity contribution in [2.24, 2.45) is 0 Å². The van der Waals surface area contributed by atoms with Crippen molar-refractivity contribution >= 4 is 35.0 Å². The number of anilines is 1. The Morgan fingerprint density at radius 2 is 1.97 bits per heavy atom. The molecular formula is C23H26ClN5OS. The summed E-state index contributed by atoms with van der Waals surface area (Å²) in [7, 11) is 0. The number of aryl methyl sites for hydroxylation is 2. The number of nitrogens with zero attached hydrogens (tertiary/aromatic N) is 3. The number of rotatable bonds is 6. The second kappa shape index (κ2) is 9.32. The highest BCUT2D eigenvalue weighted by Gasteiger charge is 2.37. The van der Waals surface area contributed by atoms with Gasteiger partial charge in [0.05, 0.1) is 6.04 Å². The van der Waals surface area contributed by atoms with Crippen molar-refractivity contribution in [1.82, 2.24) is 14.9 Å². The molecule has 2 N–H and O–H groups in total. The van der Waals surface area contributed by atoms with Gasteiger partial charge < -0.3 is 10.7 Å². The summed E-state index contributed by atoms with van der Waals surface area (Å²) in [5.41, 5.74) is 7.39. The van der Waals surface area contributed by atoms with Crippen molar-refractivity contribution in [1.29, 1.82) is 0 Å². The molecule has 1 aliphatic heterocycles. The Morgan fingerprint density at radius 3 is 2.68 bits per heavy atom. The van der Waals surface area contributed by atoms with Gasteiger partial charge in [-0.25, -0.2) is 4.68 Å². The third-order valence-electron chi connectivity index (χ3n) is 5.51. The van der Waals surface area contributed by atoms with Crippen molar-refractivity contribution in [3.63, 3.8) is 0 Å². The van der Waals surface area contributed by atoms with E-state index in [1.165, 1.54) is 17.3 Å². The smallest absolute Gasteiger partial charge is 0.240 e. The predicted molar refractivity (Wildman–Crippen MR) is 126 cm³/mol. The van der Waals surface area contributed by atoms with E-state index in [1.807, 2.05) is 29.8 Å². The molecule has 3 aromatic rings. The van der Waals surface area contributed by atoms with Gasteiger partial charge in [-0.3, -0.25) is 4.79 Å². The summed E-state index contributed by atoms with van der Waals surface area (Å²) in [5.74, 6) is 0.781. The molecule has 0 saturated carbocycles. The van der Waals surface area contributed by atoms with Crippen LogP contribution in [0.4, 0.5) is 5.69 Å². The summed E-state index contributed by atoms with van der Waals surface area (Å²) in [6.07, 6.45) is 2.76. The predicted octanol–water partition coefficient (Wildman–Crippen LogP) is 5.15. The maximum absolute atomic E-state index is 13.4. The quantitative estimate of drug-likeness (QED) is 0.537. The Bertz CT molecular complexity index is 1080. The summed E-state index contributed by atoms with van der Waals surface area (Å²) >= 11 is 7.68. The molecular weight excluding hydrogens is 430 g/mol. The minimum atomic E-state index is -0.419. The van der Waals surface area contributed by atoms with Crippen LogP contribution in [0.3, 0.4) is 0 Å². The molecule has 1 amide bonds. The first kappa shape index (κ1) is 21.7. The molecule has 31 heavy (non-hydrogen) atoms. The van der Waals surface area contributed by atoms with E-state index in [4.69, 9.17) is 11.6 Å². The van der Waals surface area contributed by atoms with Gasteiger partial charge in [0.15, 0.2) is 5.82 Å². The summed E-state index contributed by atoms with van der Waals surface area (Å²) in [6, 6.07) is 13.7. The van der Waals surface area contributed by atoms with Crippen LogP contribution in [0.2, 0.25) is 5.02 Å². The van der Waals surface area contributed by atoms with Gasteiger partial charge in [0.25, 0.3) is 0 Å². The van der Waals surface area contributed by atoms with Crippen molar-refractivity contribution in [2.75, 3.05) is 10.7 Å². The lowest BCUT2D eigenvalue weighted by atomic mass is 10.0. The summed E-state index contributed by atoms with van der Waals surface area (Å²) in [4.78, 5) is 13.4. The van der Waals surface area contributed by atoms with Crippen LogP contribution in [0.25, 0.3) is 0 Å². The third-order valence-corrected chi connectivity index (χ3v) is 7.13. The van der Waals surface area contributed by atoms with Gasteiger partial charge in [-0.2, -0.15) is 0 Å². The number of aromatic nitrogens is 3. The lowest BCUT2D eigenvalue weighted by Crippen LogP contribution is -2.41. The zero-order chi connectivity index (χ0) is 22.0. The molecule has 0 bridgehead atoms. The van der Waals surface area contributed by atoms with Gasteiger partial charge in [-0.15, -0.1) is 10.2 Å². The molecule has 2 aromatic carbocycles. The molecule has 162 valence electrons. The summed E-state index contributed by atoms with van der Waals surface area (Å²) < 4.78 is 1.93. The van der Waals surface area contributed by atoms with E-state index in [0.29, 0.717) is 10.2 Å². The fraction of sp³-hybridized carbons (Fsp3) is 0.348. The van der Waals surface area contributed by atoms with E-state index < -0.39 is 5.25 Å². The van der Waals surface area contributed by atoms with Crippen molar-refractivity contribution in [2.45, 2.75) is 56.5 Å². The van der Waals surface area contributed by atoms with Crippen molar-refractivity contribution in [3.05, 3.63) is 70.0 Å². The Labute approximate surface area is 191 Å². The van der Waals surface area contributed by atoms with E-state index in [0.717, 1.165) is 41.9 Å². The van der Waals surface area contributed by atoms with E-state index in [9.17, 15) is 4.79 Å². The fourth-order valence-electron chi connectivity index (χ4n) is 3.64. The molecule has 1 aromatic heterocycles. The van der Waals surface area contributed by atoms with Gasteiger partial charge >= 0.3 is 0 Å². The molecule has 8 heteroatoms. The van der Waals surface area contributed by atoms with Crippen molar-refractivity contribution < 1.29 is 4.79 Å². The largest absolute Gasteiger partial charge is 0.325 e. The molecule has 0 radical (unpaired) electrons. The van der Waals surface area contributed by atoms with Gasteiger partial charge in [-0.05, 0) is 48.6 Å². The van der Waals surface area contributed by atoms with Crippen LogP contribution in [-0.2, 0) is 17.6 Å². The normalized spacial score (nSPS) is 17.7. The Balaban J connectivity index is 1.68. The zero-order valence-electron chi connectivity index (χ0n) is 17.9. The molecule has 0 aliphatic carbocycles. The number of thioether (sulfide) groups is 1. The highest BCUT2D eigenvalue weighted by molar-refractivity contribution is 8.00. The topological polar surface area (TPSA) is 71.8 Å². The summed E-state index contributed by atoms with van der Waals surface area (Å²) in [5, 5.41) is 12.6. The molecule has 0 unspecified atom stereocenters. The Morgan fingerprint density at radius 1 is 1.19 bits per heavy atom. The average molecular weight is 456 g/mol. The Hall–Kier alpha value is -2.51. The minimum Gasteiger partial charge on any atom is -0.325 e. The van der Waals surface area contributed by atoms with Crippen LogP contribution in [0, 0.1) is 6.92 Å². The van der Waals surface area contributed by atoms with Crippen LogP contribution in [0.1, 0.15) is 48.8 Å². The molecule has 0 saturated heterocycles. The fourth-order valence-corrected chi connectivity index (χ4v) is 4.91. The van der Waals surface area contributed by atoms with Crippen LogP contribution in [-0.4, -0.2) is 26.0 Å². The highest BCUT2D eigenvalue weighted by atomic mass is 35.5.